The van der Waals surface area contributed by atoms with E-state index in [4.69, 9.17) is 15.2 Å². The molecule has 4 heteroatoms. The van der Waals surface area contributed by atoms with Crippen LogP contribution in [-0.2, 0) is 4.79 Å². The van der Waals surface area contributed by atoms with Crippen molar-refractivity contribution in [3.8, 4) is 11.5 Å². The molecule has 1 aliphatic rings. The van der Waals surface area contributed by atoms with Crippen molar-refractivity contribution >= 4 is 11.9 Å². The first-order valence-electron chi connectivity index (χ1n) is 4.13. The molecule has 1 aromatic rings. The van der Waals surface area contributed by atoms with Gasteiger partial charge >= 0.3 is 0 Å². The van der Waals surface area contributed by atoms with E-state index in [1.54, 1.807) is 18.2 Å². The molecule has 0 aromatic heterocycles. The van der Waals surface area contributed by atoms with Crippen molar-refractivity contribution in [3.05, 3.63) is 30.0 Å². The fraction of sp³-hybridized carbons (Fsp3) is 0.100. The highest BCUT2D eigenvalue weighted by Crippen LogP contribution is 2.37. The Morgan fingerprint density at radius 2 is 2.29 bits per heavy atom. The summed E-state index contributed by atoms with van der Waals surface area (Å²) in [5.74, 6) is 1.22. The molecule has 0 amide bonds. The molecule has 0 spiro atoms. The Kier molecular flexibility index (Phi) is 2.10. The Morgan fingerprint density at radius 1 is 1.43 bits per heavy atom. The van der Waals surface area contributed by atoms with Crippen LogP contribution in [0.3, 0.4) is 0 Å². The molecule has 4 nitrogen and oxygen atoms in total. The summed E-state index contributed by atoms with van der Waals surface area (Å²) in [5.41, 5.74) is 6.38. The molecule has 0 fully saturated rings. The molecule has 0 saturated carbocycles. The molecule has 0 bridgehead atoms. The second-order valence-corrected chi connectivity index (χ2v) is 2.78. The van der Waals surface area contributed by atoms with E-state index in [2.05, 4.69) is 0 Å². The number of hydrogen-bond donors (Lipinski definition) is 1. The zero-order valence-electron chi connectivity index (χ0n) is 7.40. The fourth-order valence-corrected chi connectivity index (χ4v) is 1.35. The van der Waals surface area contributed by atoms with Crippen LogP contribution < -0.4 is 15.2 Å². The van der Waals surface area contributed by atoms with Crippen LogP contribution in [0.15, 0.2) is 24.4 Å². The third kappa shape index (κ3) is 1.21. The van der Waals surface area contributed by atoms with E-state index in [1.807, 2.05) is 0 Å². The minimum absolute atomic E-state index is 0.184. The lowest BCUT2D eigenvalue weighted by Gasteiger charge is -2.03. The van der Waals surface area contributed by atoms with Crippen LogP contribution >= 0.6 is 0 Å². The van der Waals surface area contributed by atoms with Crippen molar-refractivity contribution in [1.29, 1.82) is 0 Å². The van der Waals surface area contributed by atoms with E-state index < -0.39 is 0 Å². The summed E-state index contributed by atoms with van der Waals surface area (Å²) in [6.07, 6.45) is 1.95. The van der Waals surface area contributed by atoms with Gasteiger partial charge < -0.3 is 15.2 Å². The van der Waals surface area contributed by atoms with Crippen LogP contribution in [0.2, 0.25) is 0 Å². The number of nitrogens with two attached hydrogens (primary N) is 1. The van der Waals surface area contributed by atoms with Crippen molar-refractivity contribution in [2.24, 2.45) is 5.73 Å². The number of aldehydes is 1. The van der Waals surface area contributed by atoms with Gasteiger partial charge in [0.25, 0.3) is 0 Å². The first kappa shape index (κ1) is 8.62. The summed E-state index contributed by atoms with van der Waals surface area (Å²) in [5, 5.41) is 0. The molecule has 1 aromatic carbocycles. The van der Waals surface area contributed by atoms with Gasteiger partial charge in [-0.1, -0.05) is 12.1 Å². The van der Waals surface area contributed by atoms with Crippen molar-refractivity contribution in [2.75, 3.05) is 6.79 Å². The maximum absolute atomic E-state index is 10.7. The number of fused-ring (bicyclic) bond motifs is 1. The van der Waals surface area contributed by atoms with Crippen LogP contribution in [-0.4, -0.2) is 13.1 Å². The SMILES string of the molecule is NC=C(C=O)c1cccc2c1OCO2. The average molecular weight is 191 g/mol. The Morgan fingerprint density at radius 3 is 3.00 bits per heavy atom. The third-order valence-electron chi connectivity index (χ3n) is 2.01. The van der Waals surface area contributed by atoms with Crippen LogP contribution in [0.5, 0.6) is 11.5 Å². The zero-order chi connectivity index (χ0) is 9.97. The van der Waals surface area contributed by atoms with Gasteiger partial charge in [-0.2, -0.15) is 0 Å². The largest absolute Gasteiger partial charge is 0.454 e. The summed E-state index contributed by atoms with van der Waals surface area (Å²) >= 11 is 0. The Bertz CT molecular complexity index is 398. The number of ether oxygens (including phenoxy) is 2. The van der Waals surface area contributed by atoms with Gasteiger partial charge in [-0.25, -0.2) is 0 Å². The van der Waals surface area contributed by atoms with E-state index in [0.29, 0.717) is 28.9 Å². The molecule has 0 saturated heterocycles. The van der Waals surface area contributed by atoms with Crippen LogP contribution in [0.1, 0.15) is 5.56 Å². The van der Waals surface area contributed by atoms with Crippen LogP contribution in [0.4, 0.5) is 0 Å². The predicted octanol–water partition coefficient (Wildman–Crippen LogP) is 0.914. The molecule has 1 aliphatic heterocycles. The van der Waals surface area contributed by atoms with Gasteiger partial charge in [0.15, 0.2) is 17.8 Å². The summed E-state index contributed by atoms with van der Waals surface area (Å²) in [7, 11) is 0. The molecule has 14 heavy (non-hydrogen) atoms. The monoisotopic (exact) mass is 191 g/mol. The minimum atomic E-state index is 0.184. The molecule has 0 radical (unpaired) electrons. The topological polar surface area (TPSA) is 61.6 Å². The Labute approximate surface area is 80.9 Å². The number of benzene rings is 1. The summed E-state index contributed by atoms with van der Waals surface area (Å²) in [4.78, 5) is 10.7. The van der Waals surface area contributed by atoms with Gasteiger partial charge in [-0.3, -0.25) is 4.79 Å². The lowest BCUT2D eigenvalue weighted by atomic mass is 10.1. The van der Waals surface area contributed by atoms with Gasteiger partial charge in [-0.15, -0.1) is 0 Å². The molecule has 0 atom stereocenters. The fourth-order valence-electron chi connectivity index (χ4n) is 1.35. The van der Waals surface area contributed by atoms with Gasteiger partial charge in [0, 0.05) is 17.3 Å². The molecule has 0 aliphatic carbocycles. The molecule has 2 N–H and O–H groups in total. The first-order valence-corrected chi connectivity index (χ1v) is 4.13. The lowest BCUT2D eigenvalue weighted by Crippen LogP contribution is -1.96. The standard InChI is InChI=1S/C10H9NO3/c11-4-7(5-12)8-2-1-3-9-10(8)14-6-13-9/h1-5H,6,11H2. The van der Waals surface area contributed by atoms with Crippen molar-refractivity contribution in [2.45, 2.75) is 0 Å². The summed E-state index contributed by atoms with van der Waals surface area (Å²) in [6.45, 7) is 0.184. The van der Waals surface area contributed by atoms with Crippen LogP contribution in [0.25, 0.3) is 5.57 Å². The normalized spacial score (nSPS) is 14.1. The number of carbonyl (C=O) groups is 1. The highest BCUT2D eigenvalue weighted by molar-refractivity contribution is 6.08. The van der Waals surface area contributed by atoms with Gasteiger partial charge in [-0.05, 0) is 6.07 Å². The van der Waals surface area contributed by atoms with E-state index in [-0.39, 0.29) is 6.79 Å². The Hall–Kier alpha value is -1.97. The minimum Gasteiger partial charge on any atom is -0.454 e. The molecule has 2 rings (SSSR count). The second kappa shape index (κ2) is 3.41. The maximum atomic E-state index is 10.7. The molecule has 0 unspecified atom stereocenters. The number of hydrogen-bond acceptors (Lipinski definition) is 4. The second-order valence-electron chi connectivity index (χ2n) is 2.78. The highest BCUT2D eigenvalue weighted by atomic mass is 16.7. The molecular weight excluding hydrogens is 182 g/mol. The third-order valence-corrected chi connectivity index (χ3v) is 2.01. The molecule has 72 valence electrons. The predicted molar refractivity (Wildman–Crippen MR) is 50.8 cm³/mol. The van der Waals surface area contributed by atoms with Crippen molar-refractivity contribution in [1.82, 2.24) is 0 Å². The summed E-state index contributed by atoms with van der Waals surface area (Å²) in [6, 6.07) is 5.33. The van der Waals surface area contributed by atoms with Crippen LogP contribution in [0, 0.1) is 0 Å². The first-order chi connectivity index (χ1) is 6.86. The van der Waals surface area contributed by atoms with E-state index >= 15 is 0 Å². The number of rotatable bonds is 2. The van der Waals surface area contributed by atoms with E-state index in [9.17, 15) is 4.79 Å². The lowest BCUT2D eigenvalue weighted by molar-refractivity contribution is -0.103. The molecular formula is C10H9NO3. The molecule has 1 heterocycles. The smallest absolute Gasteiger partial charge is 0.231 e. The average Bonchev–Trinajstić information content (AvgIpc) is 2.68. The van der Waals surface area contributed by atoms with Gasteiger partial charge in [0.2, 0.25) is 6.79 Å². The maximum Gasteiger partial charge on any atom is 0.231 e. The zero-order valence-corrected chi connectivity index (χ0v) is 7.40. The number of para-hydroxylation sites is 1. The number of carbonyl (C=O) groups excluding carboxylic acids is 1. The van der Waals surface area contributed by atoms with E-state index in [0.717, 1.165) is 0 Å². The quantitative estimate of drug-likeness (QED) is 0.557. The summed E-state index contributed by atoms with van der Waals surface area (Å²) < 4.78 is 10.4. The van der Waals surface area contributed by atoms with Gasteiger partial charge in [0.05, 0.1) is 0 Å². The Balaban J connectivity index is 2.54. The van der Waals surface area contributed by atoms with E-state index in [1.165, 1.54) is 6.20 Å². The highest BCUT2D eigenvalue weighted by Gasteiger charge is 2.18. The van der Waals surface area contributed by atoms with Gasteiger partial charge in [0.1, 0.15) is 0 Å². The van der Waals surface area contributed by atoms with Crippen molar-refractivity contribution in [3.63, 3.8) is 0 Å². The number of allylic oxidation sites excluding steroid dienone is 1. The van der Waals surface area contributed by atoms with Crippen molar-refractivity contribution < 1.29 is 14.3 Å².